The third-order valence-corrected chi connectivity index (χ3v) is 23.2. The van der Waals surface area contributed by atoms with Crippen LogP contribution in [0.1, 0.15) is 0 Å². The van der Waals surface area contributed by atoms with Crippen LogP contribution in [0.4, 0.5) is 0 Å². The maximum Gasteiger partial charge on any atom is 0.584 e. The van der Waals surface area contributed by atoms with Crippen molar-refractivity contribution in [3.05, 3.63) is 340 Å². The summed E-state index contributed by atoms with van der Waals surface area (Å²) in [5.74, 6) is 1.28. The molecular formula is C96H58O8P2. The molecule has 0 spiro atoms. The highest BCUT2D eigenvalue weighted by Gasteiger charge is 2.41. The van der Waals surface area contributed by atoms with Crippen molar-refractivity contribution in [1.29, 1.82) is 0 Å². The van der Waals surface area contributed by atoms with Crippen LogP contribution in [0.2, 0.25) is 0 Å². The minimum Gasteiger partial charge on any atom is -0.394 e. The van der Waals surface area contributed by atoms with Gasteiger partial charge in [0.1, 0.15) is 23.0 Å². The molecule has 20 aromatic carbocycles. The van der Waals surface area contributed by atoms with Crippen LogP contribution in [0, 0.1) is 0 Å². The van der Waals surface area contributed by atoms with E-state index >= 15 is 0 Å². The van der Waals surface area contributed by atoms with E-state index in [9.17, 15) is 18.9 Å². The molecule has 2 aliphatic rings. The zero-order valence-corrected chi connectivity index (χ0v) is 58.4. The monoisotopic (exact) mass is 1400 g/mol. The fraction of sp³-hybridized carbons (Fsp3) is 0. The Balaban J connectivity index is 0.000000136. The lowest BCUT2D eigenvalue weighted by atomic mass is 9.84. The normalized spacial score (nSPS) is 13.5. The van der Waals surface area contributed by atoms with Crippen LogP contribution in [-0.4, -0.2) is 9.79 Å². The number of rotatable bonds is 4. The molecule has 8 nitrogen and oxygen atoms in total. The summed E-state index contributed by atoms with van der Waals surface area (Å²) < 4.78 is 54.4. The Kier molecular flexibility index (Phi) is 13.9. The first-order chi connectivity index (χ1) is 52.0. The van der Waals surface area contributed by atoms with Gasteiger partial charge in [0.25, 0.3) is 0 Å². The van der Waals surface area contributed by atoms with Gasteiger partial charge in [-0.25, -0.2) is 9.13 Å². The molecule has 0 atom stereocenters. The van der Waals surface area contributed by atoms with Gasteiger partial charge in [0.15, 0.2) is 0 Å². The molecule has 106 heavy (non-hydrogen) atoms. The maximum absolute atomic E-state index is 14.5. The van der Waals surface area contributed by atoms with Crippen LogP contribution < -0.4 is 18.1 Å². The van der Waals surface area contributed by atoms with Crippen LogP contribution in [0.25, 0.3) is 196 Å². The molecule has 0 unspecified atom stereocenters. The Morgan fingerprint density at radius 3 is 0.509 bits per heavy atom. The van der Waals surface area contributed by atoms with E-state index in [1.54, 1.807) is 0 Å². The Bertz CT molecular complexity index is 6480. The minimum atomic E-state index is -4.76. The van der Waals surface area contributed by atoms with Crippen molar-refractivity contribution in [2.45, 2.75) is 0 Å². The van der Waals surface area contributed by atoms with Crippen LogP contribution >= 0.6 is 15.6 Å². The van der Waals surface area contributed by atoms with Gasteiger partial charge in [-0.2, -0.15) is 0 Å². The van der Waals surface area contributed by atoms with E-state index < -0.39 is 15.6 Å². The number of phosphoric acid groups is 2. The molecule has 2 aliphatic heterocycles. The average Bonchev–Trinajstić information content (AvgIpc) is 1.41. The van der Waals surface area contributed by atoms with Gasteiger partial charge in [0, 0.05) is 44.5 Å². The zero-order chi connectivity index (χ0) is 70.5. The second kappa shape index (κ2) is 23.8. The van der Waals surface area contributed by atoms with Crippen molar-refractivity contribution in [2.24, 2.45) is 0 Å². The van der Waals surface area contributed by atoms with E-state index in [2.05, 4.69) is 218 Å². The molecule has 0 aromatic heterocycles. The highest BCUT2D eigenvalue weighted by molar-refractivity contribution is 7.48. The van der Waals surface area contributed by atoms with Gasteiger partial charge in [0.2, 0.25) is 0 Å². The fourth-order valence-electron chi connectivity index (χ4n) is 17.1. The van der Waals surface area contributed by atoms with Gasteiger partial charge in [0.05, 0.1) is 0 Å². The van der Waals surface area contributed by atoms with E-state index in [0.717, 1.165) is 196 Å². The van der Waals surface area contributed by atoms with E-state index in [-0.39, 0.29) is 0 Å². The lowest BCUT2D eigenvalue weighted by Gasteiger charge is -2.20. The largest absolute Gasteiger partial charge is 0.584 e. The predicted octanol–water partition coefficient (Wildman–Crippen LogP) is 27.0. The molecule has 0 amide bonds. The molecule has 0 fully saturated rings. The summed E-state index contributed by atoms with van der Waals surface area (Å²) in [6, 6.07) is 116. The minimum absolute atomic E-state index is 0.319. The first kappa shape index (κ1) is 61.7. The lowest BCUT2D eigenvalue weighted by Crippen LogP contribution is -2.00. The fourth-order valence-corrected chi connectivity index (χ4v) is 18.8. The SMILES string of the molecule is O=P1(O)Oc2c(-c3cc4ccccc4c4ccccc34)cc3ccccc3c2-c2c(c(-c3cc4ccccc4c4ccccc34)cc3ccccc23)O1.O=P1(O)Oc2c(-c3cc4ccccc4c4ccccc34)cc3ccccc3c2-c2c(c(-c3cc4ccccc4c4ccccc34)cc3ccccc23)O1. The standard InChI is InChI=1S/2C48H29O4P/c2*49-53(50)51-47-43(41-25-29-13-1-5-17-33(29)37-21-9-11-23-39(37)41)27-31-15-3-7-19-35(31)45(47)46-36-20-8-4-16-32(36)28-44(48(46)52-53)42-26-30-14-2-6-18-34(30)38-22-10-12-24-40(38)42/h2*1-28H,(H,49,50). The zero-order valence-electron chi connectivity index (χ0n) is 56.6. The van der Waals surface area contributed by atoms with Crippen molar-refractivity contribution in [2.75, 3.05) is 0 Å². The summed E-state index contributed by atoms with van der Waals surface area (Å²) in [4.78, 5) is 23.6. The summed E-state index contributed by atoms with van der Waals surface area (Å²) >= 11 is 0. The molecule has 2 heterocycles. The molecule has 22 rings (SSSR count). The van der Waals surface area contributed by atoms with Gasteiger partial charge < -0.3 is 18.1 Å². The molecule has 20 aromatic rings. The summed E-state index contributed by atoms with van der Waals surface area (Å²) in [5, 5.41) is 24.8. The number of phosphoric ester groups is 2. The Labute approximate surface area is 607 Å². The molecule has 2 N–H and O–H groups in total. The highest BCUT2D eigenvalue weighted by Crippen LogP contribution is 2.65. The summed E-state index contributed by atoms with van der Waals surface area (Å²) in [5.41, 5.74) is 9.40. The molecular weight excluding hydrogens is 1340 g/mol. The number of benzene rings is 20. The molecule has 0 bridgehead atoms. The molecule has 0 saturated heterocycles. The van der Waals surface area contributed by atoms with Crippen molar-refractivity contribution < 1.29 is 37.0 Å². The Morgan fingerprint density at radius 1 is 0.170 bits per heavy atom. The van der Waals surface area contributed by atoms with Crippen molar-refractivity contribution in [3.8, 4) is 89.8 Å². The third kappa shape index (κ3) is 9.77. The lowest BCUT2D eigenvalue weighted by molar-refractivity contribution is 0.293. The van der Waals surface area contributed by atoms with Crippen molar-refractivity contribution >= 4 is 145 Å². The van der Waals surface area contributed by atoms with Gasteiger partial charge >= 0.3 is 15.6 Å². The summed E-state index contributed by atoms with van der Waals surface area (Å²) in [6.45, 7) is 0. The van der Waals surface area contributed by atoms with Gasteiger partial charge in [-0.3, -0.25) is 9.79 Å². The van der Waals surface area contributed by atoms with Crippen LogP contribution in [-0.2, 0) is 9.13 Å². The first-order valence-electron chi connectivity index (χ1n) is 35.4. The summed E-state index contributed by atoms with van der Waals surface area (Å²) in [6.07, 6.45) is 0. The quantitative estimate of drug-likeness (QED) is 0.132. The molecule has 10 heteroatoms. The van der Waals surface area contributed by atoms with Crippen LogP contribution in [0.15, 0.2) is 340 Å². The predicted molar refractivity (Wildman–Crippen MR) is 438 cm³/mol. The Morgan fingerprint density at radius 2 is 0.311 bits per heavy atom. The second-order valence-electron chi connectivity index (χ2n) is 27.5. The van der Waals surface area contributed by atoms with Gasteiger partial charge in [-0.05, 0) is 200 Å². The topological polar surface area (TPSA) is 112 Å². The number of fused-ring (bicyclic) bond motifs is 26. The number of hydrogen-bond donors (Lipinski definition) is 2. The van der Waals surface area contributed by atoms with E-state index in [4.69, 9.17) is 18.1 Å². The second-order valence-corrected chi connectivity index (χ2v) is 30.1. The van der Waals surface area contributed by atoms with Gasteiger partial charge in [-0.1, -0.05) is 291 Å². The Hall–Kier alpha value is -12.9. The van der Waals surface area contributed by atoms with Gasteiger partial charge in [-0.15, -0.1) is 0 Å². The van der Waals surface area contributed by atoms with Crippen molar-refractivity contribution in [1.82, 2.24) is 0 Å². The van der Waals surface area contributed by atoms with E-state index in [1.165, 1.54) is 0 Å². The maximum atomic E-state index is 14.5. The number of hydrogen-bond acceptors (Lipinski definition) is 6. The first-order valence-corrected chi connectivity index (χ1v) is 38.3. The molecule has 0 aliphatic carbocycles. The third-order valence-electron chi connectivity index (χ3n) is 21.6. The molecule has 500 valence electrons. The summed E-state index contributed by atoms with van der Waals surface area (Å²) in [7, 11) is -9.52. The highest BCUT2D eigenvalue weighted by atomic mass is 31.2. The smallest absolute Gasteiger partial charge is 0.394 e. The van der Waals surface area contributed by atoms with Crippen molar-refractivity contribution in [3.63, 3.8) is 0 Å². The molecule has 0 radical (unpaired) electrons. The molecule has 0 saturated carbocycles. The van der Waals surface area contributed by atoms with Crippen LogP contribution in [0.3, 0.4) is 0 Å². The van der Waals surface area contributed by atoms with E-state index in [0.29, 0.717) is 23.0 Å². The van der Waals surface area contributed by atoms with E-state index in [1.807, 2.05) is 121 Å². The van der Waals surface area contributed by atoms with Crippen LogP contribution in [0.5, 0.6) is 23.0 Å². The average molecular weight is 1400 g/mol.